The smallest absolute Gasteiger partial charge is 0.262 e. The summed E-state index contributed by atoms with van der Waals surface area (Å²) in [5.41, 5.74) is 1.81. The zero-order valence-electron chi connectivity index (χ0n) is 5.86. The molecule has 1 aromatic rings. The Morgan fingerprint density at radius 1 is 1.50 bits per heavy atom. The monoisotopic (exact) mass is 201 g/mol. The summed E-state index contributed by atoms with van der Waals surface area (Å²) in [7, 11) is 0. The number of aromatic nitrogens is 1. The number of pyridine rings is 1. The molecule has 0 unspecified atom stereocenters. The van der Waals surface area contributed by atoms with Gasteiger partial charge in [0.25, 0.3) is 5.56 Å². The molecule has 0 fully saturated rings. The van der Waals surface area contributed by atoms with Gasteiger partial charge in [-0.05, 0) is 41.4 Å². The van der Waals surface area contributed by atoms with Gasteiger partial charge in [-0.25, -0.2) is 0 Å². The zero-order chi connectivity index (χ0) is 7.72. The van der Waals surface area contributed by atoms with Crippen LogP contribution in [-0.2, 0) is 0 Å². The van der Waals surface area contributed by atoms with E-state index >= 15 is 0 Å². The van der Waals surface area contributed by atoms with Crippen LogP contribution < -0.4 is 5.56 Å². The van der Waals surface area contributed by atoms with Gasteiger partial charge in [0.05, 0.1) is 4.47 Å². The van der Waals surface area contributed by atoms with Gasteiger partial charge in [-0.3, -0.25) is 4.79 Å². The van der Waals surface area contributed by atoms with Crippen molar-refractivity contribution in [2.45, 2.75) is 13.8 Å². The van der Waals surface area contributed by atoms with Crippen LogP contribution in [0.5, 0.6) is 0 Å². The molecule has 1 rings (SSSR count). The van der Waals surface area contributed by atoms with E-state index in [-0.39, 0.29) is 5.56 Å². The van der Waals surface area contributed by atoms with E-state index < -0.39 is 0 Å². The minimum Gasteiger partial charge on any atom is -0.326 e. The standard InChI is InChI=1S/C7H8BrNO/c1-4-3-5(2)9-7(10)6(4)8/h3H,1-2H3,(H,9,10). The molecule has 0 bridgehead atoms. The third kappa shape index (κ3) is 1.29. The number of rotatable bonds is 0. The largest absolute Gasteiger partial charge is 0.326 e. The lowest BCUT2D eigenvalue weighted by Crippen LogP contribution is -2.08. The summed E-state index contributed by atoms with van der Waals surface area (Å²) < 4.78 is 0.623. The van der Waals surface area contributed by atoms with E-state index in [4.69, 9.17) is 0 Å². The summed E-state index contributed by atoms with van der Waals surface area (Å²) in [5, 5.41) is 0. The number of hydrogen-bond donors (Lipinski definition) is 1. The van der Waals surface area contributed by atoms with Crippen LogP contribution in [0.25, 0.3) is 0 Å². The quantitative estimate of drug-likeness (QED) is 0.682. The second-order valence-electron chi connectivity index (χ2n) is 2.28. The molecule has 0 atom stereocenters. The normalized spacial score (nSPS) is 9.90. The van der Waals surface area contributed by atoms with E-state index in [0.717, 1.165) is 11.3 Å². The first-order valence-corrected chi connectivity index (χ1v) is 3.76. The molecule has 0 aliphatic heterocycles. The van der Waals surface area contributed by atoms with Crippen molar-refractivity contribution in [1.82, 2.24) is 4.98 Å². The Kier molecular flexibility index (Phi) is 1.94. The number of aromatic amines is 1. The third-order valence-electron chi connectivity index (χ3n) is 1.29. The number of aryl methyl sites for hydroxylation is 2. The summed E-state index contributed by atoms with van der Waals surface area (Å²) in [6.45, 7) is 3.76. The van der Waals surface area contributed by atoms with Gasteiger partial charge >= 0.3 is 0 Å². The van der Waals surface area contributed by atoms with E-state index in [1.54, 1.807) is 0 Å². The predicted molar refractivity (Wildman–Crippen MR) is 44.2 cm³/mol. The number of hydrogen-bond acceptors (Lipinski definition) is 1. The summed E-state index contributed by atoms with van der Waals surface area (Å²) in [4.78, 5) is 13.6. The van der Waals surface area contributed by atoms with Gasteiger partial charge in [0, 0.05) is 5.69 Å². The Hall–Kier alpha value is -0.570. The molecule has 2 nitrogen and oxygen atoms in total. The molecule has 0 radical (unpaired) electrons. The van der Waals surface area contributed by atoms with Crippen LogP contribution in [0, 0.1) is 13.8 Å². The van der Waals surface area contributed by atoms with Crippen molar-refractivity contribution in [3.05, 3.63) is 32.2 Å². The van der Waals surface area contributed by atoms with Gasteiger partial charge in [0.15, 0.2) is 0 Å². The minimum absolute atomic E-state index is 0.0579. The molecule has 54 valence electrons. The molecule has 0 saturated carbocycles. The fraction of sp³-hybridized carbons (Fsp3) is 0.286. The van der Waals surface area contributed by atoms with Crippen molar-refractivity contribution in [2.75, 3.05) is 0 Å². The Labute approximate surface area is 67.4 Å². The van der Waals surface area contributed by atoms with Gasteiger partial charge in [0.2, 0.25) is 0 Å². The van der Waals surface area contributed by atoms with E-state index in [0.29, 0.717) is 4.47 Å². The Balaban J connectivity index is 3.46. The van der Waals surface area contributed by atoms with Crippen LogP contribution in [0.3, 0.4) is 0 Å². The lowest BCUT2D eigenvalue weighted by molar-refractivity contribution is 1.10. The van der Waals surface area contributed by atoms with Crippen molar-refractivity contribution in [3.63, 3.8) is 0 Å². The molecule has 3 heteroatoms. The van der Waals surface area contributed by atoms with Gasteiger partial charge in [-0.1, -0.05) is 0 Å². The Bertz CT molecular complexity index is 303. The van der Waals surface area contributed by atoms with E-state index in [2.05, 4.69) is 20.9 Å². The van der Waals surface area contributed by atoms with Crippen molar-refractivity contribution in [2.24, 2.45) is 0 Å². The van der Waals surface area contributed by atoms with Crippen LogP contribution in [0.2, 0.25) is 0 Å². The van der Waals surface area contributed by atoms with Crippen LogP contribution in [0.4, 0.5) is 0 Å². The fourth-order valence-electron chi connectivity index (χ4n) is 0.837. The second-order valence-corrected chi connectivity index (χ2v) is 3.07. The summed E-state index contributed by atoms with van der Waals surface area (Å²) in [5.74, 6) is 0. The molecule has 10 heavy (non-hydrogen) atoms. The second kappa shape index (κ2) is 2.58. The van der Waals surface area contributed by atoms with Gasteiger partial charge < -0.3 is 4.98 Å². The minimum atomic E-state index is -0.0579. The maximum atomic E-state index is 11.0. The molecular formula is C7H8BrNO. The van der Waals surface area contributed by atoms with E-state index in [1.807, 2.05) is 19.9 Å². The average molecular weight is 202 g/mol. The molecule has 0 aliphatic rings. The Morgan fingerprint density at radius 3 is 2.60 bits per heavy atom. The Morgan fingerprint density at radius 2 is 2.10 bits per heavy atom. The molecular weight excluding hydrogens is 194 g/mol. The summed E-state index contributed by atoms with van der Waals surface area (Å²) in [6.07, 6.45) is 0. The van der Waals surface area contributed by atoms with Crippen LogP contribution >= 0.6 is 15.9 Å². The van der Waals surface area contributed by atoms with Crippen LogP contribution in [0.1, 0.15) is 11.3 Å². The molecule has 1 aromatic heterocycles. The topological polar surface area (TPSA) is 32.9 Å². The lowest BCUT2D eigenvalue weighted by atomic mass is 10.2. The highest BCUT2D eigenvalue weighted by Crippen LogP contribution is 2.09. The van der Waals surface area contributed by atoms with Crippen molar-refractivity contribution < 1.29 is 0 Å². The molecule has 0 saturated heterocycles. The lowest BCUT2D eigenvalue weighted by Gasteiger charge is -1.96. The van der Waals surface area contributed by atoms with Gasteiger partial charge in [-0.2, -0.15) is 0 Å². The van der Waals surface area contributed by atoms with Crippen molar-refractivity contribution in [3.8, 4) is 0 Å². The highest BCUT2D eigenvalue weighted by molar-refractivity contribution is 9.10. The summed E-state index contributed by atoms with van der Waals surface area (Å²) in [6, 6.07) is 1.92. The van der Waals surface area contributed by atoms with Crippen molar-refractivity contribution in [1.29, 1.82) is 0 Å². The van der Waals surface area contributed by atoms with Crippen LogP contribution in [-0.4, -0.2) is 4.98 Å². The number of halogens is 1. The first kappa shape index (κ1) is 7.54. The molecule has 1 heterocycles. The van der Waals surface area contributed by atoms with Crippen molar-refractivity contribution >= 4 is 15.9 Å². The molecule has 1 N–H and O–H groups in total. The maximum absolute atomic E-state index is 11.0. The van der Waals surface area contributed by atoms with E-state index in [1.165, 1.54) is 0 Å². The first-order chi connectivity index (χ1) is 4.61. The third-order valence-corrected chi connectivity index (χ3v) is 2.27. The highest BCUT2D eigenvalue weighted by Gasteiger charge is 1.98. The van der Waals surface area contributed by atoms with Gasteiger partial charge in [0.1, 0.15) is 0 Å². The first-order valence-electron chi connectivity index (χ1n) is 2.97. The predicted octanol–water partition coefficient (Wildman–Crippen LogP) is 1.75. The number of H-pyrrole nitrogens is 1. The summed E-state index contributed by atoms with van der Waals surface area (Å²) >= 11 is 3.17. The highest BCUT2D eigenvalue weighted by atomic mass is 79.9. The zero-order valence-corrected chi connectivity index (χ0v) is 7.45. The van der Waals surface area contributed by atoms with Gasteiger partial charge in [-0.15, -0.1) is 0 Å². The van der Waals surface area contributed by atoms with Crippen LogP contribution in [0.15, 0.2) is 15.3 Å². The average Bonchev–Trinajstić information content (AvgIpc) is 1.82. The maximum Gasteiger partial charge on any atom is 0.262 e. The fourth-order valence-corrected chi connectivity index (χ4v) is 1.05. The van der Waals surface area contributed by atoms with E-state index in [9.17, 15) is 4.79 Å². The number of nitrogens with one attached hydrogen (secondary N) is 1. The molecule has 0 amide bonds. The SMILES string of the molecule is Cc1cc(C)c(Br)c(=O)[nH]1. The molecule has 0 aliphatic carbocycles. The molecule has 0 spiro atoms. The molecule has 0 aromatic carbocycles.